The summed E-state index contributed by atoms with van der Waals surface area (Å²) in [6.45, 7) is 1.54. The molecule has 1 amide bonds. The Balaban J connectivity index is 2.63. The molecule has 1 aromatic carbocycles. The lowest BCUT2D eigenvalue weighted by Crippen LogP contribution is -2.38. The molecule has 1 atom stereocenters. The first kappa shape index (κ1) is 15.5. The summed E-state index contributed by atoms with van der Waals surface area (Å²) in [6.07, 6.45) is 2.88. The standard InChI is InChI=1S/C13H13Cl2NO3/c1-8(13(18)19-2)16-12(17)6-4-9-3-5-10(14)11(15)7-9/h3-8H,1-2H3,(H,16,17)/b6-4+/t8-/m0/s1. The number of carbonyl (C=O) groups is 2. The van der Waals surface area contributed by atoms with Gasteiger partial charge in [0.1, 0.15) is 6.04 Å². The SMILES string of the molecule is COC(=O)[C@H](C)NC(=O)/C=C/c1ccc(Cl)c(Cl)c1. The molecule has 1 N–H and O–H groups in total. The van der Waals surface area contributed by atoms with Gasteiger partial charge in [0.2, 0.25) is 5.91 Å². The van der Waals surface area contributed by atoms with Crippen molar-refractivity contribution in [1.29, 1.82) is 0 Å². The highest BCUT2D eigenvalue weighted by molar-refractivity contribution is 6.42. The fraction of sp³-hybridized carbons (Fsp3) is 0.231. The van der Waals surface area contributed by atoms with E-state index in [1.807, 2.05) is 0 Å². The van der Waals surface area contributed by atoms with Crippen molar-refractivity contribution in [3.63, 3.8) is 0 Å². The maximum atomic E-state index is 11.5. The zero-order valence-corrected chi connectivity index (χ0v) is 12.0. The zero-order valence-electron chi connectivity index (χ0n) is 10.4. The molecule has 4 nitrogen and oxygen atoms in total. The summed E-state index contributed by atoms with van der Waals surface area (Å²) in [7, 11) is 1.26. The number of hydrogen-bond donors (Lipinski definition) is 1. The summed E-state index contributed by atoms with van der Waals surface area (Å²) >= 11 is 11.6. The van der Waals surface area contributed by atoms with Crippen LogP contribution in [-0.2, 0) is 14.3 Å². The molecule has 0 bridgehead atoms. The van der Waals surface area contributed by atoms with E-state index >= 15 is 0 Å². The summed E-state index contributed by atoms with van der Waals surface area (Å²) in [6, 6.07) is 4.30. The smallest absolute Gasteiger partial charge is 0.328 e. The van der Waals surface area contributed by atoms with Crippen LogP contribution in [0.3, 0.4) is 0 Å². The summed E-state index contributed by atoms with van der Waals surface area (Å²) in [5.74, 6) is -0.903. The first-order valence-electron chi connectivity index (χ1n) is 5.45. The van der Waals surface area contributed by atoms with Gasteiger partial charge in [-0.2, -0.15) is 0 Å². The molecule has 0 spiro atoms. The third-order valence-electron chi connectivity index (χ3n) is 2.28. The number of nitrogens with one attached hydrogen (secondary N) is 1. The molecule has 0 radical (unpaired) electrons. The Morgan fingerprint density at radius 2 is 2.00 bits per heavy atom. The van der Waals surface area contributed by atoms with Gasteiger partial charge in [-0.1, -0.05) is 29.3 Å². The highest BCUT2D eigenvalue weighted by Crippen LogP contribution is 2.22. The first-order valence-corrected chi connectivity index (χ1v) is 6.21. The molecule has 1 aromatic rings. The Morgan fingerprint density at radius 1 is 1.32 bits per heavy atom. The van der Waals surface area contributed by atoms with E-state index in [2.05, 4.69) is 10.1 Å². The number of hydrogen-bond acceptors (Lipinski definition) is 3. The Hall–Kier alpha value is -1.52. The summed E-state index contributed by atoms with van der Waals surface area (Å²) < 4.78 is 4.49. The Kier molecular flexibility index (Phi) is 5.86. The molecule has 0 fully saturated rings. The van der Waals surface area contributed by atoms with Gasteiger partial charge >= 0.3 is 5.97 Å². The Bertz CT molecular complexity index is 515. The molecule has 0 aromatic heterocycles. The van der Waals surface area contributed by atoms with E-state index in [0.717, 1.165) is 5.56 Å². The van der Waals surface area contributed by atoms with Crippen LogP contribution < -0.4 is 5.32 Å². The second-order valence-electron chi connectivity index (χ2n) is 3.76. The topological polar surface area (TPSA) is 55.4 Å². The number of rotatable bonds is 4. The van der Waals surface area contributed by atoms with Gasteiger partial charge in [-0.25, -0.2) is 4.79 Å². The first-order chi connectivity index (χ1) is 8.93. The van der Waals surface area contributed by atoms with E-state index < -0.39 is 17.9 Å². The normalized spacial score (nSPS) is 12.2. The predicted octanol–water partition coefficient (Wildman–Crippen LogP) is 2.68. The number of ether oxygens (including phenoxy) is 1. The van der Waals surface area contributed by atoms with E-state index in [9.17, 15) is 9.59 Å². The average molecular weight is 302 g/mol. The fourth-order valence-electron chi connectivity index (χ4n) is 1.29. The number of methoxy groups -OCH3 is 1. The lowest BCUT2D eigenvalue weighted by atomic mass is 10.2. The third kappa shape index (κ3) is 4.93. The van der Waals surface area contributed by atoms with E-state index in [-0.39, 0.29) is 0 Å². The van der Waals surface area contributed by atoms with Gasteiger partial charge in [0.15, 0.2) is 0 Å². The van der Waals surface area contributed by atoms with Crippen LogP contribution in [0.4, 0.5) is 0 Å². The van der Waals surface area contributed by atoms with Crippen LogP contribution in [0, 0.1) is 0 Å². The third-order valence-corrected chi connectivity index (χ3v) is 3.02. The van der Waals surface area contributed by atoms with Crippen molar-refractivity contribution >= 4 is 41.2 Å². The molecule has 0 unspecified atom stereocenters. The predicted molar refractivity (Wildman–Crippen MR) is 75.1 cm³/mol. The van der Waals surface area contributed by atoms with E-state index in [1.165, 1.54) is 20.1 Å². The molecule has 6 heteroatoms. The molecule has 0 aliphatic rings. The number of carbonyl (C=O) groups excluding carboxylic acids is 2. The average Bonchev–Trinajstić information content (AvgIpc) is 2.39. The number of amides is 1. The van der Waals surface area contributed by atoms with Crippen molar-refractivity contribution in [2.75, 3.05) is 7.11 Å². The van der Waals surface area contributed by atoms with E-state index in [4.69, 9.17) is 23.2 Å². The van der Waals surface area contributed by atoms with Gasteiger partial charge in [-0.3, -0.25) is 4.79 Å². The monoisotopic (exact) mass is 301 g/mol. The van der Waals surface area contributed by atoms with Gasteiger partial charge < -0.3 is 10.1 Å². The highest BCUT2D eigenvalue weighted by Gasteiger charge is 2.13. The largest absolute Gasteiger partial charge is 0.467 e. The van der Waals surface area contributed by atoms with Crippen molar-refractivity contribution < 1.29 is 14.3 Å². The van der Waals surface area contributed by atoms with Gasteiger partial charge in [-0.15, -0.1) is 0 Å². The molecule has 0 aliphatic heterocycles. The quantitative estimate of drug-likeness (QED) is 0.687. The van der Waals surface area contributed by atoms with Crippen LogP contribution in [0.5, 0.6) is 0 Å². The van der Waals surface area contributed by atoms with Crippen LogP contribution in [-0.4, -0.2) is 25.0 Å². The fourth-order valence-corrected chi connectivity index (χ4v) is 1.59. The lowest BCUT2D eigenvalue weighted by molar-refractivity contribution is -0.144. The van der Waals surface area contributed by atoms with Crippen LogP contribution in [0.1, 0.15) is 12.5 Å². The van der Waals surface area contributed by atoms with E-state index in [1.54, 1.807) is 24.3 Å². The van der Waals surface area contributed by atoms with Gasteiger partial charge in [-0.05, 0) is 30.7 Å². The molecule has 0 heterocycles. The lowest BCUT2D eigenvalue weighted by Gasteiger charge is -2.09. The number of halogens is 2. The van der Waals surface area contributed by atoms with Crippen molar-refractivity contribution in [2.45, 2.75) is 13.0 Å². The second kappa shape index (κ2) is 7.16. The minimum Gasteiger partial charge on any atom is -0.467 e. The maximum absolute atomic E-state index is 11.5. The molecule has 102 valence electrons. The van der Waals surface area contributed by atoms with Crippen molar-refractivity contribution in [1.82, 2.24) is 5.32 Å². The summed E-state index contributed by atoms with van der Waals surface area (Å²) in [5, 5.41) is 3.32. The van der Waals surface area contributed by atoms with Gasteiger partial charge in [0.25, 0.3) is 0 Å². The van der Waals surface area contributed by atoms with Gasteiger partial charge in [0.05, 0.1) is 17.2 Å². The van der Waals surface area contributed by atoms with Crippen LogP contribution in [0.25, 0.3) is 6.08 Å². The molecule has 1 rings (SSSR count). The minimum absolute atomic E-state index is 0.399. The van der Waals surface area contributed by atoms with Gasteiger partial charge in [0, 0.05) is 6.08 Å². The molecule has 0 saturated heterocycles. The summed E-state index contributed by atoms with van der Waals surface area (Å²) in [4.78, 5) is 22.6. The second-order valence-corrected chi connectivity index (χ2v) is 4.57. The number of benzene rings is 1. The minimum atomic E-state index is -0.698. The Morgan fingerprint density at radius 3 is 2.58 bits per heavy atom. The van der Waals surface area contributed by atoms with Crippen molar-refractivity contribution in [3.05, 3.63) is 39.9 Å². The van der Waals surface area contributed by atoms with Crippen LogP contribution in [0.15, 0.2) is 24.3 Å². The Labute approximate surface area is 121 Å². The number of esters is 1. The molecule has 19 heavy (non-hydrogen) atoms. The van der Waals surface area contributed by atoms with Crippen molar-refractivity contribution in [2.24, 2.45) is 0 Å². The maximum Gasteiger partial charge on any atom is 0.328 e. The molecule has 0 saturated carbocycles. The molecular formula is C13H13Cl2NO3. The van der Waals surface area contributed by atoms with Crippen molar-refractivity contribution in [3.8, 4) is 0 Å². The zero-order chi connectivity index (χ0) is 14.4. The van der Waals surface area contributed by atoms with Crippen LogP contribution >= 0.6 is 23.2 Å². The van der Waals surface area contributed by atoms with Crippen LogP contribution in [0.2, 0.25) is 10.0 Å². The summed E-state index contributed by atoms with van der Waals surface area (Å²) in [5.41, 5.74) is 0.732. The molecular weight excluding hydrogens is 289 g/mol. The highest BCUT2D eigenvalue weighted by atomic mass is 35.5. The molecule has 0 aliphatic carbocycles. The van der Waals surface area contributed by atoms with E-state index in [0.29, 0.717) is 10.0 Å².